The molecule has 0 bridgehead atoms. The summed E-state index contributed by atoms with van der Waals surface area (Å²) in [6.07, 6.45) is 6.14. The van der Waals surface area contributed by atoms with Gasteiger partial charge in [-0.1, -0.05) is 42.7 Å². The summed E-state index contributed by atoms with van der Waals surface area (Å²) in [7, 11) is -3.26. The number of amides is 1. The summed E-state index contributed by atoms with van der Waals surface area (Å²) < 4.78 is 24.3. The molecular weight excluding hydrogens is 348 g/mol. The fourth-order valence-electron chi connectivity index (χ4n) is 3.24. The van der Waals surface area contributed by atoms with E-state index in [2.05, 4.69) is 10.2 Å². The lowest BCUT2D eigenvalue weighted by Gasteiger charge is -2.19. The van der Waals surface area contributed by atoms with Crippen molar-refractivity contribution < 1.29 is 13.2 Å². The maximum atomic E-state index is 12.2. The van der Waals surface area contributed by atoms with Crippen LogP contribution in [0.4, 0.5) is 0 Å². The molecule has 1 heterocycles. The summed E-state index contributed by atoms with van der Waals surface area (Å²) in [5.41, 5.74) is 1.87. The third-order valence-corrected chi connectivity index (χ3v) is 6.42. The fraction of sp³-hybridized carbons (Fsp3) is 0.650. The lowest BCUT2D eigenvalue weighted by atomic mass is 10.2. The third-order valence-electron chi connectivity index (χ3n) is 4.82. The van der Waals surface area contributed by atoms with Crippen molar-refractivity contribution in [3.63, 3.8) is 0 Å². The van der Waals surface area contributed by atoms with E-state index in [9.17, 15) is 13.2 Å². The van der Waals surface area contributed by atoms with Gasteiger partial charge < -0.3 is 10.2 Å². The molecule has 1 fully saturated rings. The lowest BCUT2D eigenvalue weighted by molar-refractivity contribution is -0.120. The highest BCUT2D eigenvalue weighted by molar-refractivity contribution is 7.90. The minimum Gasteiger partial charge on any atom is -0.356 e. The number of nitrogens with zero attached hydrogens (tertiary/aromatic N) is 1. The van der Waals surface area contributed by atoms with Crippen molar-refractivity contribution in [3.05, 3.63) is 35.4 Å². The maximum absolute atomic E-state index is 12.2. The van der Waals surface area contributed by atoms with Crippen molar-refractivity contribution in [1.82, 2.24) is 10.2 Å². The number of hydrogen-bond donors (Lipinski definition) is 1. The van der Waals surface area contributed by atoms with Crippen molar-refractivity contribution in [1.29, 1.82) is 0 Å². The van der Waals surface area contributed by atoms with E-state index < -0.39 is 9.84 Å². The Hall–Kier alpha value is -1.40. The average molecular weight is 381 g/mol. The Kier molecular flexibility index (Phi) is 8.59. The fourth-order valence-corrected chi connectivity index (χ4v) is 4.58. The number of sulfone groups is 1. The Bertz CT molecular complexity index is 648. The highest BCUT2D eigenvalue weighted by Gasteiger charge is 2.15. The van der Waals surface area contributed by atoms with Crippen LogP contribution >= 0.6 is 0 Å². The molecule has 0 unspecified atom stereocenters. The van der Waals surface area contributed by atoms with E-state index in [1.54, 1.807) is 0 Å². The number of nitrogens with one attached hydrogen (secondary N) is 1. The molecule has 0 radical (unpaired) electrons. The SMILES string of the molecule is Cc1ccc(CS(=O)(=O)CCC(=O)NCCCN2CCCCCC2)cc1. The monoisotopic (exact) mass is 380 g/mol. The van der Waals surface area contributed by atoms with Crippen LogP contribution in [0.5, 0.6) is 0 Å². The Balaban J connectivity index is 1.61. The largest absolute Gasteiger partial charge is 0.356 e. The molecular formula is C20H32N2O3S. The molecule has 5 nitrogen and oxygen atoms in total. The molecule has 1 aliphatic heterocycles. The summed E-state index contributed by atoms with van der Waals surface area (Å²) >= 11 is 0. The number of carbonyl (C=O) groups excluding carboxylic acids is 1. The molecule has 0 aromatic heterocycles. The van der Waals surface area contributed by atoms with Crippen LogP contribution in [0.15, 0.2) is 24.3 Å². The molecule has 0 saturated carbocycles. The van der Waals surface area contributed by atoms with E-state index in [1.807, 2.05) is 31.2 Å². The minimum absolute atomic E-state index is 0.00444. The topological polar surface area (TPSA) is 66.5 Å². The first kappa shape index (κ1) is 20.9. The zero-order chi connectivity index (χ0) is 18.8. The zero-order valence-corrected chi connectivity index (χ0v) is 16.7. The average Bonchev–Trinajstić information content (AvgIpc) is 2.88. The van der Waals surface area contributed by atoms with E-state index in [4.69, 9.17) is 0 Å². The van der Waals surface area contributed by atoms with Crippen molar-refractivity contribution in [3.8, 4) is 0 Å². The second-order valence-electron chi connectivity index (χ2n) is 7.29. The summed E-state index contributed by atoms with van der Waals surface area (Å²) in [5.74, 6) is -0.276. The summed E-state index contributed by atoms with van der Waals surface area (Å²) in [6, 6.07) is 7.47. The second kappa shape index (κ2) is 10.7. The van der Waals surface area contributed by atoms with Crippen LogP contribution in [0.2, 0.25) is 0 Å². The van der Waals surface area contributed by atoms with Gasteiger partial charge in [-0.3, -0.25) is 4.79 Å². The van der Waals surface area contributed by atoms with Gasteiger partial charge in [0.15, 0.2) is 9.84 Å². The molecule has 1 aliphatic rings. The quantitative estimate of drug-likeness (QED) is 0.669. The summed E-state index contributed by atoms with van der Waals surface area (Å²) in [6.45, 7) is 5.91. The molecule has 6 heteroatoms. The van der Waals surface area contributed by atoms with Crippen molar-refractivity contribution >= 4 is 15.7 Å². The Labute approximate surface area is 158 Å². The van der Waals surface area contributed by atoms with Gasteiger partial charge in [0.1, 0.15) is 0 Å². The van der Waals surface area contributed by atoms with Gasteiger partial charge in [0, 0.05) is 13.0 Å². The number of carbonyl (C=O) groups is 1. The number of likely N-dealkylation sites (tertiary alicyclic amines) is 1. The van der Waals surface area contributed by atoms with E-state index in [0.717, 1.165) is 37.2 Å². The first-order chi connectivity index (χ1) is 12.4. The van der Waals surface area contributed by atoms with Crippen molar-refractivity contribution in [2.75, 3.05) is 31.9 Å². The van der Waals surface area contributed by atoms with Crippen LogP contribution in [0, 0.1) is 6.92 Å². The predicted octanol–water partition coefficient (Wildman–Crippen LogP) is 2.68. The summed E-state index contributed by atoms with van der Waals surface area (Å²) in [5, 5.41) is 2.85. The van der Waals surface area contributed by atoms with E-state index in [0.29, 0.717) is 6.54 Å². The van der Waals surface area contributed by atoms with Gasteiger partial charge in [0.25, 0.3) is 0 Å². The standard InChI is InChI=1S/C20H32N2O3S/c1-18-7-9-19(10-8-18)17-26(24,25)16-11-20(23)21-12-6-15-22-13-4-2-3-5-14-22/h7-10H,2-6,11-17H2,1H3,(H,21,23). The van der Waals surface area contributed by atoms with Gasteiger partial charge in [-0.25, -0.2) is 8.42 Å². The normalized spacial score (nSPS) is 16.2. The predicted molar refractivity (Wildman–Crippen MR) is 106 cm³/mol. The zero-order valence-electron chi connectivity index (χ0n) is 15.9. The van der Waals surface area contributed by atoms with Crippen LogP contribution in [0.3, 0.4) is 0 Å². The molecule has 1 aromatic rings. The molecule has 1 saturated heterocycles. The van der Waals surface area contributed by atoms with E-state index in [-0.39, 0.29) is 23.8 Å². The second-order valence-corrected chi connectivity index (χ2v) is 9.47. The molecule has 1 amide bonds. The van der Waals surface area contributed by atoms with Gasteiger partial charge in [-0.05, 0) is 51.4 Å². The maximum Gasteiger partial charge on any atom is 0.221 e. The molecule has 0 atom stereocenters. The van der Waals surface area contributed by atoms with Gasteiger partial charge >= 0.3 is 0 Å². The van der Waals surface area contributed by atoms with Crippen LogP contribution in [0.25, 0.3) is 0 Å². The lowest BCUT2D eigenvalue weighted by Crippen LogP contribution is -2.31. The van der Waals surface area contributed by atoms with Gasteiger partial charge in [0.2, 0.25) is 5.91 Å². The van der Waals surface area contributed by atoms with Crippen LogP contribution in [-0.2, 0) is 20.4 Å². The van der Waals surface area contributed by atoms with Crippen molar-refractivity contribution in [2.24, 2.45) is 0 Å². The van der Waals surface area contributed by atoms with E-state index in [1.165, 1.54) is 25.7 Å². The molecule has 1 N–H and O–H groups in total. The number of aryl methyl sites for hydroxylation is 1. The highest BCUT2D eigenvalue weighted by Crippen LogP contribution is 2.10. The molecule has 2 rings (SSSR count). The molecule has 0 spiro atoms. The smallest absolute Gasteiger partial charge is 0.221 e. The van der Waals surface area contributed by atoms with Gasteiger partial charge in [0.05, 0.1) is 11.5 Å². The van der Waals surface area contributed by atoms with Gasteiger partial charge in [-0.15, -0.1) is 0 Å². The van der Waals surface area contributed by atoms with E-state index >= 15 is 0 Å². The Morgan fingerprint density at radius 1 is 1.08 bits per heavy atom. The van der Waals surface area contributed by atoms with Crippen LogP contribution in [0.1, 0.15) is 49.7 Å². The number of rotatable bonds is 9. The van der Waals surface area contributed by atoms with Gasteiger partial charge in [-0.2, -0.15) is 0 Å². The summed E-state index contributed by atoms with van der Waals surface area (Å²) in [4.78, 5) is 14.4. The Morgan fingerprint density at radius 3 is 2.38 bits per heavy atom. The van der Waals surface area contributed by atoms with Crippen LogP contribution in [-0.4, -0.2) is 51.2 Å². The minimum atomic E-state index is -3.26. The highest BCUT2D eigenvalue weighted by atomic mass is 32.2. The molecule has 146 valence electrons. The molecule has 0 aliphatic carbocycles. The van der Waals surface area contributed by atoms with Crippen molar-refractivity contribution in [2.45, 2.75) is 51.2 Å². The first-order valence-electron chi connectivity index (χ1n) is 9.70. The third kappa shape index (κ3) is 8.32. The first-order valence-corrected chi connectivity index (χ1v) is 11.5. The molecule has 26 heavy (non-hydrogen) atoms. The Morgan fingerprint density at radius 2 is 1.73 bits per heavy atom. The molecule has 1 aromatic carbocycles. The number of hydrogen-bond acceptors (Lipinski definition) is 4. The number of benzene rings is 1. The van der Waals surface area contributed by atoms with Crippen LogP contribution < -0.4 is 5.32 Å².